The number of ether oxygens (including phenoxy) is 2. The number of carbonyl (C=O) groups is 3. The molecule has 59 heavy (non-hydrogen) atoms. The van der Waals surface area contributed by atoms with Crippen LogP contribution in [0.3, 0.4) is 0 Å². The minimum Gasteiger partial charge on any atom is -0.480 e. The quantitative estimate of drug-likeness (QED) is 0.0151. The van der Waals surface area contributed by atoms with E-state index >= 15 is 0 Å². The number of rotatable bonds is 38. The van der Waals surface area contributed by atoms with Gasteiger partial charge in [0.1, 0.15) is 12.6 Å². The number of aliphatic carboxylic acids is 1. The van der Waals surface area contributed by atoms with Crippen molar-refractivity contribution in [3.05, 3.63) is 97.2 Å². The highest BCUT2D eigenvalue weighted by atomic mass is 31.2. The van der Waals surface area contributed by atoms with Crippen LogP contribution in [0.4, 0.5) is 0 Å². The Morgan fingerprint density at radius 2 is 1.15 bits per heavy atom. The van der Waals surface area contributed by atoms with Crippen molar-refractivity contribution in [1.29, 1.82) is 0 Å². The van der Waals surface area contributed by atoms with Crippen molar-refractivity contribution < 1.29 is 52.6 Å². The number of phosphoric ester groups is 1. The number of nitrogens with two attached hydrogens (primary N) is 1. The minimum absolute atomic E-state index is 0.109. The van der Waals surface area contributed by atoms with Gasteiger partial charge in [0.05, 0.1) is 19.3 Å². The third kappa shape index (κ3) is 39.6. The SMILES string of the molecule is CC/C=C\C(O)C/C=C/C=C\C/C=C\C/C=C\CCCC(=O)OC[C@H](COP(=O)(O)OC[C@H](N)C(=O)O)OC(=O)CCCCCC/C=C\C/C=C\C/C=C\CCCCC. The maximum atomic E-state index is 12.6. The average molecular weight is 848 g/mol. The lowest BCUT2D eigenvalue weighted by Gasteiger charge is -2.20. The molecule has 0 spiro atoms. The summed E-state index contributed by atoms with van der Waals surface area (Å²) in [6, 6.07) is -1.54. The summed E-state index contributed by atoms with van der Waals surface area (Å²) in [5.41, 5.74) is 5.32. The summed E-state index contributed by atoms with van der Waals surface area (Å²) in [6.07, 6.45) is 46.7. The Morgan fingerprint density at radius 3 is 1.76 bits per heavy atom. The summed E-state index contributed by atoms with van der Waals surface area (Å²) < 4.78 is 32.6. The number of carbonyl (C=O) groups excluding carboxylic acids is 2. The number of hydrogen-bond acceptors (Lipinski definition) is 10. The van der Waals surface area contributed by atoms with Gasteiger partial charge in [-0.3, -0.25) is 23.4 Å². The summed E-state index contributed by atoms with van der Waals surface area (Å²) in [5, 5.41) is 18.6. The number of esters is 2. The summed E-state index contributed by atoms with van der Waals surface area (Å²) in [6.45, 7) is 2.42. The normalized spacial score (nSPS) is 15.2. The van der Waals surface area contributed by atoms with E-state index in [2.05, 4.69) is 54.0 Å². The average Bonchev–Trinajstić information content (AvgIpc) is 3.21. The topological polar surface area (TPSA) is 192 Å². The fourth-order valence-corrected chi connectivity index (χ4v) is 5.79. The Hall–Kier alpha value is -3.64. The lowest BCUT2D eigenvalue weighted by atomic mass is 10.1. The molecule has 0 aromatic carbocycles. The van der Waals surface area contributed by atoms with Gasteiger partial charge in [0.15, 0.2) is 6.10 Å². The molecule has 0 fully saturated rings. The third-order valence-electron chi connectivity index (χ3n) is 8.39. The van der Waals surface area contributed by atoms with E-state index in [9.17, 15) is 28.9 Å². The van der Waals surface area contributed by atoms with E-state index in [-0.39, 0.29) is 12.8 Å². The maximum absolute atomic E-state index is 12.6. The van der Waals surface area contributed by atoms with Gasteiger partial charge >= 0.3 is 25.7 Å². The van der Waals surface area contributed by atoms with Crippen molar-refractivity contribution in [2.45, 2.75) is 154 Å². The molecule has 0 heterocycles. The van der Waals surface area contributed by atoms with Crippen LogP contribution in [0, 0.1) is 0 Å². The lowest BCUT2D eigenvalue weighted by molar-refractivity contribution is -0.161. The molecule has 2 unspecified atom stereocenters. The molecule has 5 N–H and O–H groups in total. The molecular formula is C46H74NO11P. The molecule has 0 aliphatic rings. The first-order valence-electron chi connectivity index (χ1n) is 21.4. The number of hydrogen-bond donors (Lipinski definition) is 4. The predicted molar refractivity (Wildman–Crippen MR) is 236 cm³/mol. The molecular weight excluding hydrogens is 773 g/mol. The summed E-state index contributed by atoms with van der Waals surface area (Å²) >= 11 is 0. The van der Waals surface area contributed by atoms with Crippen molar-refractivity contribution in [2.24, 2.45) is 5.73 Å². The van der Waals surface area contributed by atoms with Crippen LogP contribution in [0.5, 0.6) is 0 Å². The molecule has 13 heteroatoms. The number of phosphoric acid groups is 1. The van der Waals surface area contributed by atoms with Crippen LogP contribution < -0.4 is 5.73 Å². The second-order valence-electron chi connectivity index (χ2n) is 13.9. The molecule has 0 radical (unpaired) electrons. The number of unbranched alkanes of at least 4 members (excludes halogenated alkanes) is 8. The van der Waals surface area contributed by atoms with Gasteiger partial charge in [-0.25, -0.2) is 4.57 Å². The van der Waals surface area contributed by atoms with Gasteiger partial charge in [0.25, 0.3) is 0 Å². The third-order valence-corrected chi connectivity index (χ3v) is 9.34. The number of carboxylic acids is 1. The van der Waals surface area contributed by atoms with Crippen molar-refractivity contribution >= 4 is 25.7 Å². The Morgan fingerprint density at radius 1 is 0.627 bits per heavy atom. The van der Waals surface area contributed by atoms with Gasteiger partial charge in [0, 0.05) is 12.8 Å². The van der Waals surface area contributed by atoms with Gasteiger partial charge in [-0.05, 0) is 83.5 Å². The summed E-state index contributed by atoms with van der Waals surface area (Å²) in [7, 11) is -4.75. The van der Waals surface area contributed by atoms with E-state index in [1.54, 1.807) is 6.08 Å². The zero-order valence-corrected chi connectivity index (χ0v) is 36.6. The molecule has 0 rings (SSSR count). The molecule has 0 aliphatic heterocycles. The lowest BCUT2D eigenvalue weighted by Crippen LogP contribution is -2.34. The summed E-state index contributed by atoms with van der Waals surface area (Å²) in [4.78, 5) is 45.9. The first kappa shape index (κ1) is 55.4. The number of carboxylic acid groups (broad SMARTS) is 1. The second kappa shape index (κ2) is 39.8. The van der Waals surface area contributed by atoms with Crippen molar-refractivity contribution in [3.8, 4) is 0 Å². The molecule has 0 aromatic rings. The second-order valence-corrected chi connectivity index (χ2v) is 15.4. The molecule has 12 nitrogen and oxygen atoms in total. The molecule has 4 atom stereocenters. The molecule has 0 aliphatic carbocycles. The van der Waals surface area contributed by atoms with Crippen LogP contribution in [0.2, 0.25) is 0 Å². The standard InChI is InChI=1S/C46H74NO11P/c1-3-5-7-8-9-10-11-12-13-14-15-16-21-24-27-30-33-37-45(50)58-42(39-56-59(53,54)57-40-43(47)46(51)52)38-55-44(49)36-32-29-26-23-20-18-17-19-22-25-28-31-35-41(48)34-6-4-2/h6,9-10,12-13,15-18,22-23,25-26,28,31,34,41-43,48H,3-5,7-8,11,14,19-21,24,27,29-30,32-33,35-40,47H2,1-2H3,(H,51,52)(H,53,54)/b10-9-,13-12-,16-15-,18-17-,25-22-,26-23-,31-28+,34-6-/t41?,42-,43+/m1/s1. The van der Waals surface area contributed by atoms with E-state index in [4.69, 9.17) is 24.8 Å². The van der Waals surface area contributed by atoms with Crippen LogP contribution in [0.25, 0.3) is 0 Å². The molecule has 334 valence electrons. The van der Waals surface area contributed by atoms with Crippen LogP contribution in [-0.2, 0) is 37.5 Å². The predicted octanol–water partition coefficient (Wildman–Crippen LogP) is 10.2. The molecule has 0 saturated carbocycles. The number of aliphatic hydroxyl groups is 1. The van der Waals surface area contributed by atoms with Crippen molar-refractivity contribution in [2.75, 3.05) is 19.8 Å². The zero-order valence-electron chi connectivity index (χ0n) is 35.7. The fraction of sp³-hybridized carbons (Fsp3) is 0.587. The van der Waals surface area contributed by atoms with E-state index in [1.165, 1.54) is 19.3 Å². The highest BCUT2D eigenvalue weighted by molar-refractivity contribution is 7.47. The van der Waals surface area contributed by atoms with Crippen molar-refractivity contribution in [1.82, 2.24) is 0 Å². The van der Waals surface area contributed by atoms with E-state index in [0.29, 0.717) is 25.7 Å². The zero-order chi connectivity index (χ0) is 43.7. The van der Waals surface area contributed by atoms with Crippen LogP contribution in [0.1, 0.15) is 136 Å². The Labute approximate surface area is 354 Å². The number of aliphatic hydroxyl groups excluding tert-OH is 1. The van der Waals surface area contributed by atoms with Gasteiger partial charge in [-0.1, -0.05) is 137 Å². The number of allylic oxidation sites excluding steroid dienone is 14. The van der Waals surface area contributed by atoms with Crippen LogP contribution in [-0.4, -0.2) is 71.1 Å². The fourth-order valence-electron chi connectivity index (χ4n) is 5.01. The van der Waals surface area contributed by atoms with Gasteiger partial charge in [0.2, 0.25) is 0 Å². The van der Waals surface area contributed by atoms with Crippen LogP contribution >= 0.6 is 7.82 Å². The maximum Gasteiger partial charge on any atom is 0.472 e. The van der Waals surface area contributed by atoms with Crippen LogP contribution in [0.15, 0.2) is 97.2 Å². The van der Waals surface area contributed by atoms with E-state index in [0.717, 1.165) is 64.2 Å². The largest absolute Gasteiger partial charge is 0.480 e. The summed E-state index contributed by atoms with van der Waals surface area (Å²) in [5.74, 6) is -2.53. The first-order valence-corrected chi connectivity index (χ1v) is 22.9. The molecule has 0 saturated heterocycles. The first-order chi connectivity index (χ1) is 28.5. The smallest absolute Gasteiger partial charge is 0.472 e. The Bertz CT molecular complexity index is 1380. The minimum atomic E-state index is -4.75. The molecule has 0 bridgehead atoms. The monoisotopic (exact) mass is 847 g/mol. The van der Waals surface area contributed by atoms with Crippen molar-refractivity contribution in [3.63, 3.8) is 0 Å². The van der Waals surface area contributed by atoms with E-state index < -0.39 is 63.8 Å². The highest BCUT2D eigenvalue weighted by Gasteiger charge is 2.28. The highest BCUT2D eigenvalue weighted by Crippen LogP contribution is 2.43. The van der Waals surface area contributed by atoms with Gasteiger partial charge < -0.3 is 30.3 Å². The Balaban J connectivity index is 4.57. The van der Waals surface area contributed by atoms with Gasteiger partial charge in [-0.2, -0.15) is 0 Å². The Kier molecular flexibility index (Phi) is 37.3. The van der Waals surface area contributed by atoms with E-state index in [1.807, 2.05) is 55.5 Å². The molecule has 0 amide bonds. The molecule has 0 aromatic heterocycles. The van der Waals surface area contributed by atoms with Gasteiger partial charge in [-0.15, -0.1) is 0 Å².